The van der Waals surface area contributed by atoms with Crippen LogP contribution in [0.3, 0.4) is 0 Å². The van der Waals surface area contributed by atoms with Gasteiger partial charge in [-0.2, -0.15) is 0 Å². The second kappa shape index (κ2) is 7.62. The predicted molar refractivity (Wildman–Crippen MR) is 117 cm³/mol. The van der Waals surface area contributed by atoms with Crippen LogP contribution in [0.15, 0.2) is 66.7 Å². The first-order valence-corrected chi connectivity index (χ1v) is 9.97. The zero-order chi connectivity index (χ0) is 19.7. The molecule has 0 radical (unpaired) electrons. The molecule has 0 saturated carbocycles. The highest BCUT2D eigenvalue weighted by atomic mass is 35.5. The maximum absolute atomic E-state index is 12.9. The molecule has 140 valence electrons. The molecule has 4 aromatic rings. The summed E-state index contributed by atoms with van der Waals surface area (Å²) < 4.78 is 0. The Bertz CT molecular complexity index is 1140. The van der Waals surface area contributed by atoms with E-state index in [-0.39, 0.29) is 5.91 Å². The third kappa shape index (κ3) is 3.59. The average molecular weight is 408 g/mol. The average Bonchev–Trinajstić information content (AvgIpc) is 3.04. The summed E-state index contributed by atoms with van der Waals surface area (Å²) in [6, 6.07) is 21.2. The zero-order valence-electron chi connectivity index (χ0n) is 15.2. The second-order valence-electron chi connectivity index (χ2n) is 6.55. The van der Waals surface area contributed by atoms with Gasteiger partial charge in [-0.15, -0.1) is 11.3 Å². The first kappa shape index (κ1) is 18.5. The summed E-state index contributed by atoms with van der Waals surface area (Å²) in [6.07, 6.45) is 0. The fourth-order valence-electron chi connectivity index (χ4n) is 3.04. The number of nitrogens with zero attached hydrogens (tertiary/aromatic N) is 2. The Morgan fingerprint density at radius 2 is 1.79 bits per heavy atom. The number of thiophene rings is 1. The van der Waals surface area contributed by atoms with Crippen molar-refractivity contribution >= 4 is 44.7 Å². The van der Waals surface area contributed by atoms with Gasteiger partial charge in [0.1, 0.15) is 9.71 Å². The number of anilines is 1. The smallest absolute Gasteiger partial charge is 0.266 e. The van der Waals surface area contributed by atoms with E-state index in [1.165, 1.54) is 11.3 Å². The van der Waals surface area contributed by atoms with Crippen molar-refractivity contribution in [1.29, 1.82) is 0 Å². The number of amides is 1. The maximum Gasteiger partial charge on any atom is 0.266 e. The topological polar surface area (TPSA) is 59.2 Å². The Balaban J connectivity index is 1.65. The Kier molecular flexibility index (Phi) is 5.03. The molecule has 2 aromatic carbocycles. The number of nitrogens with two attached hydrogens (primary N) is 1. The SMILES string of the molecule is CN(Cc1ccccc1)C(=O)c1sc2nc(-c3ccc(Cl)cc3)ccc2c1N. The molecule has 0 aliphatic heterocycles. The van der Waals surface area contributed by atoms with Crippen molar-refractivity contribution in [3.63, 3.8) is 0 Å². The van der Waals surface area contributed by atoms with Crippen LogP contribution in [0, 0.1) is 0 Å². The molecule has 0 bridgehead atoms. The summed E-state index contributed by atoms with van der Waals surface area (Å²) in [4.78, 5) is 20.6. The van der Waals surface area contributed by atoms with Crippen molar-refractivity contribution in [3.05, 3.63) is 82.2 Å². The molecule has 2 aromatic heterocycles. The van der Waals surface area contributed by atoms with E-state index < -0.39 is 0 Å². The van der Waals surface area contributed by atoms with Crippen LogP contribution in [0.1, 0.15) is 15.2 Å². The minimum atomic E-state index is -0.0996. The Morgan fingerprint density at radius 3 is 2.50 bits per heavy atom. The highest BCUT2D eigenvalue weighted by molar-refractivity contribution is 7.21. The predicted octanol–water partition coefficient (Wildman–Crippen LogP) is 5.47. The molecule has 0 aliphatic rings. The monoisotopic (exact) mass is 407 g/mol. The fourth-order valence-corrected chi connectivity index (χ4v) is 4.25. The summed E-state index contributed by atoms with van der Waals surface area (Å²) in [5.41, 5.74) is 9.63. The van der Waals surface area contributed by atoms with Crippen molar-refractivity contribution in [2.75, 3.05) is 12.8 Å². The molecular weight excluding hydrogens is 390 g/mol. The van der Waals surface area contributed by atoms with Gasteiger partial charge < -0.3 is 10.6 Å². The van der Waals surface area contributed by atoms with E-state index in [4.69, 9.17) is 22.3 Å². The van der Waals surface area contributed by atoms with Crippen molar-refractivity contribution in [2.45, 2.75) is 6.54 Å². The van der Waals surface area contributed by atoms with E-state index in [0.29, 0.717) is 22.1 Å². The number of carbonyl (C=O) groups is 1. The van der Waals surface area contributed by atoms with Crippen molar-refractivity contribution in [2.24, 2.45) is 0 Å². The number of pyridine rings is 1. The zero-order valence-corrected chi connectivity index (χ0v) is 16.8. The molecule has 2 N–H and O–H groups in total. The Hall–Kier alpha value is -2.89. The van der Waals surface area contributed by atoms with Gasteiger partial charge in [-0.25, -0.2) is 4.98 Å². The van der Waals surface area contributed by atoms with Gasteiger partial charge in [0.2, 0.25) is 0 Å². The Morgan fingerprint density at radius 1 is 1.07 bits per heavy atom. The lowest BCUT2D eigenvalue weighted by molar-refractivity contribution is 0.0791. The minimum Gasteiger partial charge on any atom is -0.397 e. The summed E-state index contributed by atoms with van der Waals surface area (Å²) in [7, 11) is 1.78. The van der Waals surface area contributed by atoms with Crippen LogP contribution in [0.5, 0.6) is 0 Å². The van der Waals surface area contributed by atoms with Crippen LogP contribution in [-0.2, 0) is 6.54 Å². The van der Waals surface area contributed by atoms with Gasteiger partial charge >= 0.3 is 0 Å². The van der Waals surface area contributed by atoms with E-state index >= 15 is 0 Å². The quantitative estimate of drug-likeness (QED) is 0.487. The third-order valence-electron chi connectivity index (χ3n) is 4.54. The number of nitrogen functional groups attached to an aromatic ring is 1. The second-order valence-corrected chi connectivity index (χ2v) is 7.98. The number of rotatable bonds is 4. The van der Waals surface area contributed by atoms with E-state index in [9.17, 15) is 4.79 Å². The van der Waals surface area contributed by atoms with Crippen LogP contribution >= 0.6 is 22.9 Å². The molecule has 0 unspecified atom stereocenters. The molecule has 4 nitrogen and oxygen atoms in total. The summed E-state index contributed by atoms with van der Waals surface area (Å²) >= 11 is 7.29. The highest BCUT2D eigenvalue weighted by Gasteiger charge is 2.21. The maximum atomic E-state index is 12.9. The number of aromatic nitrogens is 1. The molecule has 0 aliphatic carbocycles. The molecule has 0 spiro atoms. The molecule has 1 amide bonds. The molecule has 0 atom stereocenters. The van der Waals surface area contributed by atoms with Crippen molar-refractivity contribution in [3.8, 4) is 11.3 Å². The first-order valence-electron chi connectivity index (χ1n) is 8.77. The first-order chi connectivity index (χ1) is 13.5. The highest BCUT2D eigenvalue weighted by Crippen LogP contribution is 2.35. The lowest BCUT2D eigenvalue weighted by atomic mass is 10.1. The molecular formula is C22H18ClN3OS. The number of hydrogen-bond donors (Lipinski definition) is 1. The van der Waals surface area contributed by atoms with E-state index in [1.54, 1.807) is 11.9 Å². The molecule has 28 heavy (non-hydrogen) atoms. The normalized spacial score (nSPS) is 10.9. The van der Waals surface area contributed by atoms with Gasteiger partial charge in [0.25, 0.3) is 5.91 Å². The fraction of sp³-hybridized carbons (Fsp3) is 0.0909. The molecule has 0 saturated heterocycles. The van der Waals surface area contributed by atoms with Gasteiger partial charge in [-0.3, -0.25) is 4.79 Å². The van der Waals surface area contributed by atoms with Crippen LogP contribution in [0.25, 0.3) is 21.5 Å². The number of halogens is 1. The molecule has 6 heteroatoms. The summed E-state index contributed by atoms with van der Waals surface area (Å²) in [5, 5.41) is 1.48. The van der Waals surface area contributed by atoms with E-state index in [0.717, 1.165) is 27.0 Å². The van der Waals surface area contributed by atoms with Gasteiger partial charge in [0.15, 0.2) is 0 Å². The summed E-state index contributed by atoms with van der Waals surface area (Å²) in [6.45, 7) is 0.525. The molecule has 2 heterocycles. The lowest BCUT2D eigenvalue weighted by Gasteiger charge is -2.16. The van der Waals surface area contributed by atoms with Crippen LogP contribution in [-0.4, -0.2) is 22.8 Å². The van der Waals surface area contributed by atoms with E-state index in [2.05, 4.69) is 0 Å². The standard InChI is InChI=1S/C22H18ClN3OS/c1-26(13-14-5-3-2-4-6-14)22(27)20-19(24)17-11-12-18(25-21(17)28-20)15-7-9-16(23)10-8-15/h2-12H,13,24H2,1H3. The van der Waals surface area contributed by atoms with Crippen molar-refractivity contribution < 1.29 is 4.79 Å². The van der Waals surface area contributed by atoms with Gasteiger partial charge in [-0.1, -0.05) is 54.1 Å². The number of fused-ring (bicyclic) bond motifs is 1. The third-order valence-corrected chi connectivity index (χ3v) is 5.89. The van der Waals surface area contributed by atoms with Gasteiger partial charge in [-0.05, 0) is 29.8 Å². The lowest BCUT2D eigenvalue weighted by Crippen LogP contribution is -2.26. The van der Waals surface area contributed by atoms with E-state index in [1.807, 2.05) is 66.7 Å². The minimum absolute atomic E-state index is 0.0996. The Labute approximate surface area is 172 Å². The van der Waals surface area contributed by atoms with Crippen LogP contribution in [0.2, 0.25) is 5.02 Å². The number of carbonyl (C=O) groups excluding carboxylic acids is 1. The molecule has 0 fully saturated rings. The number of benzene rings is 2. The van der Waals surface area contributed by atoms with Crippen molar-refractivity contribution in [1.82, 2.24) is 9.88 Å². The van der Waals surface area contributed by atoms with Crippen LogP contribution < -0.4 is 5.73 Å². The number of hydrogen-bond acceptors (Lipinski definition) is 4. The molecule has 4 rings (SSSR count). The summed E-state index contributed by atoms with van der Waals surface area (Å²) in [5.74, 6) is -0.0996. The van der Waals surface area contributed by atoms with Crippen LogP contribution in [0.4, 0.5) is 5.69 Å². The largest absolute Gasteiger partial charge is 0.397 e. The van der Waals surface area contributed by atoms with Gasteiger partial charge in [0, 0.05) is 29.6 Å². The van der Waals surface area contributed by atoms with Gasteiger partial charge in [0.05, 0.1) is 11.4 Å².